The summed E-state index contributed by atoms with van der Waals surface area (Å²) in [6, 6.07) is -1.01. The van der Waals surface area contributed by atoms with E-state index in [1.54, 1.807) is 12.2 Å². The van der Waals surface area contributed by atoms with Gasteiger partial charge in [-0.05, 0) is 12.3 Å². The first-order chi connectivity index (χ1) is 9.38. The minimum Gasteiger partial charge on any atom is -0.394 e. The third kappa shape index (κ3) is 2.45. The average molecular weight is 289 g/mol. The molecular weight excluding hydrogens is 270 g/mol. The summed E-state index contributed by atoms with van der Waals surface area (Å²) in [5, 5.41) is 58.7. The van der Waals surface area contributed by atoms with Gasteiger partial charge in [-0.15, -0.1) is 0 Å². The molecule has 0 aromatic rings. The minimum atomic E-state index is -1.76. The van der Waals surface area contributed by atoms with Crippen LogP contribution in [0, 0.1) is 27.9 Å². The van der Waals surface area contributed by atoms with Gasteiger partial charge in [0.1, 0.15) is 18.3 Å². The summed E-state index contributed by atoms with van der Waals surface area (Å²) in [7, 11) is 0. The van der Waals surface area contributed by atoms with Crippen LogP contribution in [-0.4, -0.2) is 67.5 Å². The van der Waals surface area contributed by atoms with Gasteiger partial charge in [-0.3, -0.25) is 10.1 Å². The maximum atomic E-state index is 11.1. The summed E-state index contributed by atoms with van der Waals surface area (Å²) < 4.78 is 0. The molecule has 2 bridgehead atoms. The fourth-order valence-corrected chi connectivity index (χ4v) is 3.35. The van der Waals surface area contributed by atoms with E-state index in [4.69, 9.17) is 5.11 Å². The Balaban J connectivity index is 2.13. The van der Waals surface area contributed by atoms with Crippen LogP contribution in [0.2, 0.25) is 0 Å². The molecular formula is C12H19NO7. The summed E-state index contributed by atoms with van der Waals surface area (Å²) in [4.78, 5) is 10.6. The standard InChI is InChI=1S/C12H19NO7/c14-4-7(15)10(16)12(18)11(17)8-5-1-2-6(3-5)9(8)13(19)20/h1-2,5-12,14-18H,3-4H2/t5-,6+,7+,8+,9+,10-,11-,12-/m1/s1. The molecule has 8 nitrogen and oxygen atoms in total. The second kappa shape index (κ2) is 5.74. The highest BCUT2D eigenvalue weighted by Crippen LogP contribution is 2.47. The van der Waals surface area contributed by atoms with Crippen LogP contribution >= 0.6 is 0 Å². The molecule has 2 aliphatic rings. The second-order valence-electron chi connectivity index (χ2n) is 5.52. The molecule has 8 heteroatoms. The Morgan fingerprint density at radius 2 is 1.75 bits per heavy atom. The lowest BCUT2D eigenvalue weighted by Crippen LogP contribution is -2.52. The molecule has 0 spiro atoms. The van der Waals surface area contributed by atoms with Crippen LogP contribution in [0.1, 0.15) is 6.42 Å². The van der Waals surface area contributed by atoms with E-state index in [1.165, 1.54) is 0 Å². The number of allylic oxidation sites excluding steroid dienone is 1. The maximum absolute atomic E-state index is 11.1. The minimum absolute atomic E-state index is 0.224. The Bertz CT molecular complexity index is 401. The number of aliphatic hydroxyl groups excluding tert-OH is 5. The molecule has 0 aliphatic heterocycles. The first kappa shape index (κ1) is 15.3. The molecule has 0 saturated heterocycles. The molecule has 0 amide bonds. The molecule has 114 valence electrons. The van der Waals surface area contributed by atoms with Gasteiger partial charge in [0.15, 0.2) is 0 Å². The summed E-state index contributed by atoms with van der Waals surface area (Å²) in [6.45, 7) is -0.778. The van der Waals surface area contributed by atoms with E-state index >= 15 is 0 Å². The Morgan fingerprint density at radius 1 is 1.15 bits per heavy atom. The van der Waals surface area contributed by atoms with Crippen molar-refractivity contribution >= 4 is 0 Å². The van der Waals surface area contributed by atoms with Crippen molar-refractivity contribution in [1.82, 2.24) is 0 Å². The molecule has 20 heavy (non-hydrogen) atoms. The van der Waals surface area contributed by atoms with E-state index in [9.17, 15) is 30.5 Å². The Morgan fingerprint density at radius 3 is 2.30 bits per heavy atom. The molecule has 0 radical (unpaired) electrons. The molecule has 2 aliphatic carbocycles. The zero-order valence-corrected chi connectivity index (χ0v) is 10.7. The predicted molar refractivity (Wildman–Crippen MR) is 66.1 cm³/mol. The van der Waals surface area contributed by atoms with Gasteiger partial charge < -0.3 is 25.5 Å². The van der Waals surface area contributed by atoms with Crippen molar-refractivity contribution in [3.05, 3.63) is 22.3 Å². The molecule has 5 N–H and O–H groups in total. The van der Waals surface area contributed by atoms with Crippen LogP contribution in [0.3, 0.4) is 0 Å². The van der Waals surface area contributed by atoms with Crippen molar-refractivity contribution < 1.29 is 30.5 Å². The zero-order chi connectivity index (χ0) is 15.0. The van der Waals surface area contributed by atoms with Crippen LogP contribution in [0.25, 0.3) is 0 Å². The van der Waals surface area contributed by atoms with Gasteiger partial charge >= 0.3 is 0 Å². The van der Waals surface area contributed by atoms with Gasteiger partial charge in [-0.2, -0.15) is 0 Å². The van der Waals surface area contributed by atoms with E-state index < -0.39 is 47.9 Å². The van der Waals surface area contributed by atoms with Crippen molar-refractivity contribution in [3.63, 3.8) is 0 Å². The van der Waals surface area contributed by atoms with Crippen molar-refractivity contribution in [2.75, 3.05) is 6.61 Å². The summed E-state index contributed by atoms with van der Waals surface area (Å²) in [6.07, 6.45) is -2.60. The molecule has 0 aromatic carbocycles. The number of hydrogen-bond donors (Lipinski definition) is 5. The van der Waals surface area contributed by atoms with Crippen molar-refractivity contribution in [1.29, 1.82) is 0 Å². The van der Waals surface area contributed by atoms with Crippen molar-refractivity contribution in [2.45, 2.75) is 36.9 Å². The summed E-state index contributed by atoms with van der Waals surface area (Å²) >= 11 is 0. The summed E-state index contributed by atoms with van der Waals surface area (Å²) in [5.74, 6) is -1.31. The van der Waals surface area contributed by atoms with Crippen LogP contribution in [0.15, 0.2) is 12.2 Å². The smallest absolute Gasteiger partial charge is 0.225 e. The second-order valence-corrected chi connectivity index (χ2v) is 5.52. The van der Waals surface area contributed by atoms with Gasteiger partial charge in [-0.1, -0.05) is 12.2 Å². The molecule has 8 atom stereocenters. The first-order valence-electron chi connectivity index (χ1n) is 6.53. The van der Waals surface area contributed by atoms with Gasteiger partial charge in [-0.25, -0.2) is 0 Å². The molecule has 0 unspecified atom stereocenters. The Hall–Kier alpha value is -1.06. The van der Waals surface area contributed by atoms with E-state index in [-0.39, 0.29) is 11.8 Å². The topological polar surface area (TPSA) is 144 Å². The van der Waals surface area contributed by atoms with E-state index in [1.807, 2.05) is 0 Å². The third-order valence-corrected chi connectivity index (χ3v) is 4.40. The normalized spacial score (nSPS) is 37.6. The van der Waals surface area contributed by atoms with Gasteiger partial charge in [0.2, 0.25) is 6.04 Å². The van der Waals surface area contributed by atoms with E-state index in [0.717, 1.165) is 0 Å². The lowest BCUT2D eigenvalue weighted by Gasteiger charge is -2.32. The number of fused-ring (bicyclic) bond motifs is 2. The van der Waals surface area contributed by atoms with Crippen LogP contribution in [0.5, 0.6) is 0 Å². The Kier molecular flexibility index (Phi) is 4.40. The number of nitro groups is 1. The number of aliphatic hydroxyl groups is 5. The van der Waals surface area contributed by atoms with Gasteiger partial charge in [0.25, 0.3) is 0 Å². The zero-order valence-electron chi connectivity index (χ0n) is 10.7. The lowest BCUT2D eigenvalue weighted by molar-refractivity contribution is -0.538. The summed E-state index contributed by atoms with van der Waals surface area (Å²) in [5.41, 5.74) is 0. The highest BCUT2D eigenvalue weighted by Gasteiger charge is 2.56. The maximum Gasteiger partial charge on any atom is 0.225 e. The van der Waals surface area contributed by atoms with Crippen LogP contribution < -0.4 is 0 Å². The monoisotopic (exact) mass is 289 g/mol. The van der Waals surface area contributed by atoms with E-state index in [0.29, 0.717) is 6.42 Å². The van der Waals surface area contributed by atoms with Gasteiger partial charge in [0, 0.05) is 10.8 Å². The lowest BCUT2D eigenvalue weighted by atomic mass is 9.81. The first-order valence-corrected chi connectivity index (χ1v) is 6.53. The molecule has 0 aromatic heterocycles. The number of rotatable bonds is 6. The predicted octanol–water partition coefficient (Wildman–Crippen LogP) is -2.11. The van der Waals surface area contributed by atoms with Crippen molar-refractivity contribution in [3.8, 4) is 0 Å². The highest BCUT2D eigenvalue weighted by molar-refractivity contribution is 5.16. The van der Waals surface area contributed by atoms with E-state index in [2.05, 4.69) is 0 Å². The number of hydrogen-bond acceptors (Lipinski definition) is 7. The quantitative estimate of drug-likeness (QED) is 0.214. The average Bonchev–Trinajstić information content (AvgIpc) is 3.04. The fraction of sp³-hybridized carbons (Fsp3) is 0.833. The fourth-order valence-electron chi connectivity index (χ4n) is 3.35. The highest BCUT2D eigenvalue weighted by atomic mass is 16.6. The molecule has 1 saturated carbocycles. The van der Waals surface area contributed by atoms with Crippen LogP contribution in [0.4, 0.5) is 0 Å². The van der Waals surface area contributed by atoms with Crippen LogP contribution in [-0.2, 0) is 0 Å². The Labute approximate surface area is 115 Å². The SMILES string of the molecule is O=[N+]([O-])[C@@H]1[C@@H]([C@@H](O)[C@H](O)[C@H](O)[C@@H](O)CO)[C@@H]2C=C[C@H]1C2. The third-order valence-electron chi connectivity index (χ3n) is 4.40. The van der Waals surface area contributed by atoms with Crippen molar-refractivity contribution in [2.24, 2.45) is 17.8 Å². The van der Waals surface area contributed by atoms with Gasteiger partial charge in [0.05, 0.1) is 18.6 Å². The molecule has 1 fully saturated rings. The molecule has 0 heterocycles. The molecule has 2 rings (SSSR count). The largest absolute Gasteiger partial charge is 0.394 e. The number of nitrogens with zero attached hydrogens (tertiary/aromatic N) is 1.